The van der Waals surface area contributed by atoms with E-state index in [4.69, 9.17) is 5.73 Å². The van der Waals surface area contributed by atoms with Crippen molar-refractivity contribution in [3.63, 3.8) is 0 Å². The van der Waals surface area contributed by atoms with Crippen LogP contribution in [-0.2, 0) is 4.79 Å². The zero-order valence-electron chi connectivity index (χ0n) is 14.4. The molecule has 0 aromatic carbocycles. The van der Waals surface area contributed by atoms with Crippen molar-refractivity contribution in [3.8, 4) is 0 Å². The highest BCUT2D eigenvalue weighted by molar-refractivity contribution is 5.86. The summed E-state index contributed by atoms with van der Waals surface area (Å²) in [5, 5.41) is 0. The summed E-state index contributed by atoms with van der Waals surface area (Å²) < 4.78 is 0. The molecule has 4 heteroatoms. The number of nitrogens with two attached hydrogens (primary N) is 1. The van der Waals surface area contributed by atoms with Gasteiger partial charge in [-0.05, 0) is 70.8 Å². The molecule has 4 nitrogen and oxygen atoms in total. The lowest BCUT2D eigenvalue weighted by Gasteiger charge is -2.41. The van der Waals surface area contributed by atoms with E-state index in [9.17, 15) is 4.79 Å². The van der Waals surface area contributed by atoms with Crippen LogP contribution in [0, 0.1) is 11.8 Å². The maximum atomic E-state index is 12.8. The fourth-order valence-corrected chi connectivity index (χ4v) is 4.36. The van der Waals surface area contributed by atoms with E-state index in [1.54, 1.807) is 0 Å². The van der Waals surface area contributed by atoms with Crippen molar-refractivity contribution in [1.29, 1.82) is 0 Å². The lowest BCUT2D eigenvalue weighted by atomic mass is 9.91. The molecule has 1 amide bonds. The van der Waals surface area contributed by atoms with E-state index in [0.717, 1.165) is 38.9 Å². The number of likely N-dealkylation sites (tertiary alicyclic amines) is 2. The van der Waals surface area contributed by atoms with E-state index in [1.807, 2.05) is 6.92 Å². The Morgan fingerprint density at radius 3 is 2.59 bits per heavy atom. The summed E-state index contributed by atoms with van der Waals surface area (Å²) in [5.74, 6) is 1.25. The highest BCUT2D eigenvalue weighted by atomic mass is 16.2. The fraction of sp³-hybridized carbons (Fsp3) is 0.944. The van der Waals surface area contributed by atoms with Crippen LogP contribution in [0.5, 0.6) is 0 Å². The van der Waals surface area contributed by atoms with E-state index < -0.39 is 5.54 Å². The Morgan fingerprint density at radius 1 is 1.14 bits per heavy atom. The van der Waals surface area contributed by atoms with Crippen LogP contribution < -0.4 is 5.73 Å². The van der Waals surface area contributed by atoms with Crippen LogP contribution in [0.25, 0.3) is 0 Å². The highest BCUT2D eigenvalue weighted by Crippen LogP contribution is 2.39. The van der Waals surface area contributed by atoms with Crippen molar-refractivity contribution in [2.24, 2.45) is 17.6 Å². The van der Waals surface area contributed by atoms with Crippen LogP contribution in [-0.4, -0.2) is 53.5 Å². The van der Waals surface area contributed by atoms with Gasteiger partial charge in [-0.3, -0.25) is 4.79 Å². The van der Waals surface area contributed by atoms with Gasteiger partial charge in [-0.2, -0.15) is 0 Å². The van der Waals surface area contributed by atoms with E-state index in [0.29, 0.717) is 17.9 Å². The van der Waals surface area contributed by atoms with E-state index in [-0.39, 0.29) is 5.91 Å². The first-order valence-corrected chi connectivity index (χ1v) is 9.31. The predicted molar refractivity (Wildman–Crippen MR) is 89.5 cm³/mol. The average Bonchev–Trinajstić information content (AvgIpc) is 3.34. The number of carbonyl (C=O) groups is 1. The van der Waals surface area contributed by atoms with Crippen molar-refractivity contribution < 1.29 is 4.79 Å². The third-order valence-corrected chi connectivity index (χ3v) is 6.13. The monoisotopic (exact) mass is 307 g/mol. The average molecular weight is 307 g/mol. The van der Waals surface area contributed by atoms with Gasteiger partial charge in [0.1, 0.15) is 0 Å². The number of nitrogens with zero attached hydrogens (tertiary/aromatic N) is 2. The van der Waals surface area contributed by atoms with Gasteiger partial charge in [0.05, 0.1) is 5.54 Å². The first-order valence-electron chi connectivity index (χ1n) is 9.31. The fourth-order valence-electron chi connectivity index (χ4n) is 4.36. The Bertz CT molecular complexity index is 405. The summed E-state index contributed by atoms with van der Waals surface area (Å²) in [5.41, 5.74) is 5.72. The number of amides is 1. The minimum Gasteiger partial charge on any atom is -0.341 e. The highest BCUT2D eigenvalue weighted by Gasteiger charge is 2.46. The lowest BCUT2D eigenvalue weighted by molar-refractivity contribution is -0.139. The second-order valence-corrected chi connectivity index (χ2v) is 8.16. The normalized spacial score (nSPS) is 33.5. The Morgan fingerprint density at radius 2 is 1.91 bits per heavy atom. The molecule has 1 aliphatic carbocycles. The maximum absolute atomic E-state index is 12.8. The zero-order chi connectivity index (χ0) is 15.7. The molecule has 2 N–H and O–H groups in total. The van der Waals surface area contributed by atoms with E-state index in [1.165, 1.54) is 32.2 Å². The molecule has 0 spiro atoms. The molecule has 3 rings (SSSR count). The molecular weight excluding hydrogens is 274 g/mol. The van der Waals surface area contributed by atoms with Gasteiger partial charge in [0, 0.05) is 25.7 Å². The quantitative estimate of drug-likeness (QED) is 0.866. The van der Waals surface area contributed by atoms with Crippen LogP contribution in [0.1, 0.15) is 58.8 Å². The molecule has 0 aromatic rings. The Labute approximate surface area is 135 Å². The first kappa shape index (κ1) is 16.3. The Hall–Kier alpha value is -0.610. The van der Waals surface area contributed by atoms with Gasteiger partial charge < -0.3 is 15.5 Å². The molecule has 1 saturated carbocycles. The molecule has 126 valence electrons. The number of hydrogen-bond acceptors (Lipinski definition) is 3. The summed E-state index contributed by atoms with van der Waals surface area (Å²) in [4.78, 5) is 17.5. The van der Waals surface area contributed by atoms with Gasteiger partial charge >= 0.3 is 0 Å². The number of piperidine rings is 2. The maximum Gasteiger partial charge on any atom is 0.242 e. The van der Waals surface area contributed by atoms with Gasteiger partial charge in [-0.25, -0.2) is 0 Å². The molecule has 0 bridgehead atoms. The van der Waals surface area contributed by atoms with Crippen molar-refractivity contribution in [1.82, 2.24) is 9.80 Å². The van der Waals surface area contributed by atoms with Crippen molar-refractivity contribution in [3.05, 3.63) is 0 Å². The summed E-state index contributed by atoms with van der Waals surface area (Å²) >= 11 is 0. The lowest BCUT2D eigenvalue weighted by Crippen LogP contribution is -2.57. The molecule has 3 atom stereocenters. The van der Waals surface area contributed by atoms with Gasteiger partial charge in [-0.15, -0.1) is 0 Å². The molecule has 2 saturated heterocycles. The number of carbonyl (C=O) groups excluding carboxylic acids is 1. The number of hydrogen-bond donors (Lipinski definition) is 1. The molecule has 2 heterocycles. The molecule has 0 unspecified atom stereocenters. The molecular formula is C18H33N3O. The molecule has 0 aromatic heterocycles. The standard InChI is InChI=1S/C18H33N3O/c1-14-6-3-4-10-20(14)12-15-7-5-11-21(13-15)17(22)18(2,19)16-8-9-16/h14-16H,3-13,19H2,1-2H3/t14-,15+,18+/m1/s1. The summed E-state index contributed by atoms with van der Waals surface area (Å²) in [6, 6.07) is 0.714. The zero-order valence-corrected chi connectivity index (χ0v) is 14.4. The van der Waals surface area contributed by atoms with Crippen LogP contribution in [0.2, 0.25) is 0 Å². The third-order valence-electron chi connectivity index (χ3n) is 6.13. The molecule has 3 fully saturated rings. The van der Waals surface area contributed by atoms with Crippen LogP contribution in [0.4, 0.5) is 0 Å². The summed E-state index contributed by atoms with van der Waals surface area (Å²) in [7, 11) is 0. The minimum atomic E-state index is -0.625. The van der Waals surface area contributed by atoms with Crippen LogP contribution >= 0.6 is 0 Å². The Kier molecular flexibility index (Phi) is 4.79. The van der Waals surface area contributed by atoms with E-state index >= 15 is 0 Å². The van der Waals surface area contributed by atoms with Gasteiger partial charge in [-0.1, -0.05) is 6.42 Å². The first-order chi connectivity index (χ1) is 10.5. The van der Waals surface area contributed by atoms with Gasteiger partial charge in [0.2, 0.25) is 5.91 Å². The molecule has 3 aliphatic rings. The predicted octanol–water partition coefficient (Wildman–Crippen LogP) is 2.23. The second-order valence-electron chi connectivity index (χ2n) is 8.16. The van der Waals surface area contributed by atoms with Crippen molar-refractivity contribution >= 4 is 5.91 Å². The largest absolute Gasteiger partial charge is 0.341 e. The number of rotatable bonds is 4. The summed E-state index contributed by atoms with van der Waals surface area (Å²) in [6.07, 6.45) is 8.69. The van der Waals surface area contributed by atoms with Crippen LogP contribution in [0.3, 0.4) is 0 Å². The SMILES string of the molecule is C[C@@H]1CCCCN1C[C@@H]1CCCN(C(=O)[C@@](C)(N)C2CC2)C1. The van der Waals surface area contributed by atoms with Gasteiger partial charge in [0.15, 0.2) is 0 Å². The Balaban J connectivity index is 1.55. The minimum absolute atomic E-state index is 0.200. The van der Waals surface area contributed by atoms with E-state index in [2.05, 4.69) is 16.7 Å². The van der Waals surface area contributed by atoms with Crippen molar-refractivity contribution in [2.75, 3.05) is 26.2 Å². The van der Waals surface area contributed by atoms with Gasteiger partial charge in [0.25, 0.3) is 0 Å². The summed E-state index contributed by atoms with van der Waals surface area (Å²) in [6.45, 7) is 8.53. The molecule has 22 heavy (non-hydrogen) atoms. The smallest absolute Gasteiger partial charge is 0.242 e. The van der Waals surface area contributed by atoms with Crippen molar-refractivity contribution in [2.45, 2.75) is 70.4 Å². The van der Waals surface area contributed by atoms with Crippen LogP contribution in [0.15, 0.2) is 0 Å². The third kappa shape index (κ3) is 3.48. The molecule has 0 radical (unpaired) electrons. The second kappa shape index (κ2) is 6.48. The topological polar surface area (TPSA) is 49.6 Å². The molecule has 2 aliphatic heterocycles.